The number of hydrogen-bond acceptors (Lipinski definition) is 4. The second-order valence-electron chi connectivity index (χ2n) is 5.85. The van der Waals surface area contributed by atoms with Gasteiger partial charge in [-0.25, -0.2) is 4.98 Å². The summed E-state index contributed by atoms with van der Waals surface area (Å²) in [5, 5.41) is 0.525. The van der Waals surface area contributed by atoms with Crippen molar-refractivity contribution in [3.8, 4) is 5.75 Å². The van der Waals surface area contributed by atoms with Crippen LogP contribution in [0, 0.1) is 13.8 Å². The van der Waals surface area contributed by atoms with E-state index in [1.807, 2.05) is 57.2 Å². The number of Topliss-reactive ketones (excluding diaryl/α,β-unsaturated/α-hetero) is 1. The molecule has 1 N–H and O–H groups in total. The van der Waals surface area contributed by atoms with E-state index in [2.05, 4.69) is 9.97 Å². The number of carbonyl (C=O) groups excluding carboxylic acids is 1. The first-order valence-corrected chi connectivity index (χ1v) is 8.68. The van der Waals surface area contributed by atoms with Crippen molar-refractivity contribution in [3.05, 3.63) is 53.1 Å². The first kappa shape index (κ1) is 16.6. The van der Waals surface area contributed by atoms with Crippen LogP contribution in [0.1, 0.15) is 28.4 Å². The third-order valence-corrected chi connectivity index (χ3v) is 5.10. The van der Waals surface area contributed by atoms with Crippen molar-refractivity contribution >= 4 is 28.6 Å². The summed E-state index contributed by atoms with van der Waals surface area (Å²) in [6.07, 6.45) is 0. The van der Waals surface area contributed by atoms with E-state index in [1.165, 1.54) is 17.3 Å². The average Bonchev–Trinajstić information content (AvgIpc) is 2.97. The lowest BCUT2D eigenvalue weighted by molar-refractivity contribution is 0.0994. The number of fused-ring (bicyclic) bond motifs is 1. The van der Waals surface area contributed by atoms with Crippen LogP contribution in [-0.2, 0) is 0 Å². The van der Waals surface area contributed by atoms with Crippen molar-refractivity contribution in [2.24, 2.45) is 0 Å². The maximum atomic E-state index is 12.6. The first-order chi connectivity index (χ1) is 11.5. The number of nitrogens with zero attached hydrogens (tertiary/aromatic N) is 1. The van der Waals surface area contributed by atoms with E-state index in [9.17, 15) is 4.79 Å². The highest BCUT2D eigenvalue weighted by Crippen LogP contribution is 2.27. The molecule has 3 aromatic rings. The summed E-state index contributed by atoms with van der Waals surface area (Å²) in [5.41, 5.74) is 4.84. The molecule has 0 radical (unpaired) electrons. The Labute approximate surface area is 145 Å². The monoisotopic (exact) mass is 340 g/mol. The lowest BCUT2D eigenvalue weighted by Crippen LogP contribution is -2.14. The number of aryl methyl sites for hydroxylation is 2. The van der Waals surface area contributed by atoms with Crippen LogP contribution < -0.4 is 4.74 Å². The highest BCUT2D eigenvalue weighted by Gasteiger charge is 2.18. The standard InChI is InChI=1S/C19H20N2O2S/c1-11-5-6-14(9-12(11)2)18(22)13(3)24-19-20-16-8-7-15(23-4)10-17(16)21-19/h5-10,13H,1-4H3,(H,20,21)/t13-/m1/s1. The molecule has 124 valence electrons. The van der Waals surface area contributed by atoms with E-state index in [-0.39, 0.29) is 11.0 Å². The summed E-state index contributed by atoms with van der Waals surface area (Å²) in [6, 6.07) is 11.5. The molecule has 4 nitrogen and oxygen atoms in total. The fourth-order valence-electron chi connectivity index (χ4n) is 2.50. The smallest absolute Gasteiger partial charge is 0.176 e. The maximum absolute atomic E-state index is 12.6. The number of hydrogen-bond donors (Lipinski definition) is 1. The van der Waals surface area contributed by atoms with Crippen LogP contribution in [0.15, 0.2) is 41.6 Å². The molecule has 0 fully saturated rings. The minimum Gasteiger partial charge on any atom is -0.497 e. The number of methoxy groups -OCH3 is 1. The van der Waals surface area contributed by atoms with Gasteiger partial charge in [0.2, 0.25) is 0 Å². The second-order valence-corrected chi connectivity index (χ2v) is 7.18. The zero-order valence-electron chi connectivity index (χ0n) is 14.2. The number of rotatable bonds is 5. The van der Waals surface area contributed by atoms with Gasteiger partial charge in [0, 0.05) is 11.6 Å². The largest absolute Gasteiger partial charge is 0.497 e. The molecule has 5 heteroatoms. The number of nitrogens with one attached hydrogen (secondary N) is 1. The Morgan fingerprint density at radius 2 is 1.96 bits per heavy atom. The van der Waals surface area contributed by atoms with Crippen molar-refractivity contribution in [2.75, 3.05) is 7.11 Å². The molecule has 3 rings (SSSR count). The third kappa shape index (κ3) is 3.31. The molecule has 1 atom stereocenters. The molecule has 0 spiro atoms. The Hall–Kier alpha value is -2.27. The van der Waals surface area contributed by atoms with Crippen LogP contribution in [-0.4, -0.2) is 28.1 Å². The number of ketones is 1. The van der Waals surface area contributed by atoms with Crippen LogP contribution in [0.3, 0.4) is 0 Å². The molecule has 0 saturated carbocycles. The van der Waals surface area contributed by atoms with Gasteiger partial charge in [-0.2, -0.15) is 0 Å². The number of imidazole rings is 1. The quantitative estimate of drug-likeness (QED) is 0.547. The molecular formula is C19H20N2O2S. The average molecular weight is 340 g/mol. The number of benzene rings is 2. The van der Waals surface area contributed by atoms with Gasteiger partial charge in [0.05, 0.1) is 23.4 Å². The van der Waals surface area contributed by atoms with Crippen LogP contribution in [0.4, 0.5) is 0 Å². The molecule has 1 aromatic heterocycles. The van der Waals surface area contributed by atoms with E-state index < -0.39 is 0 Å². The fraction of sp³-hybridized carbons (Fsp3) is 0.263. The zero-order valence-corrected chi connectivity index (χ0v) is 15.0. The van der Waals surface area contributed by atoms with Crippen LogP contribution in [0.5, 0.6) is 5.75 Å². The number of H-pyrrole nitrogens is 1. The molecule has 0 saturated heterocycles. The van der Waals surface area contributed by atoms with Crippen LogP contribution in [0.2, 0.25) is 0 Å². The third-order valence-electron chi connectivity index (χ3n) is 4.12. The van der Waals surface area contributed by atoms with Gasteiger partial charge in [-0.05, 0) is 50.1 Å². The summed E-state index contributed by atoms with van der Waals surface area (Å²) in [7, 11) is 1.64. The Morgan fingerprint density at radius 3 is 2.67 bits per heavy atom. The normalized spacial score (nSPS) is 12.3. The van der Waals surface area contributed by atoms with Gasteiger partial charge in [0.15, 0.2) is 10.9 Å². The van der Waals surface area contributed by atoms with E-state index in [1.54, 1.807) is 7.11 Å². The molecule has 0 aliphatic rings. The highest BCUT2D eigenvalue weighted by molar-refractivity contribution is 8.00. The molecule has 0 bridgehead atoms. The predicted octanol–water partition coefficient (Wildman–Crippen LogP) is 4.55. The van der Waals surface area contributed by atoms with Gasteiger partial charge >= 0.3 is 0 Å². The van der Waals surface area contributed by atoms with Gasteiger partial charge in [-0.3, -0.25) is 4.79 Å². The summed E-state index contributed by atoms with van der Waals surface area (Å²) in [5.74, 6) is 0.892. The summed E-state index contributed by atoms with van der Waals surface area (Å²) < 4.78 is 5.22. The zero-order chi connectivity index (χ0) is 17.3. The number of thioether (sulfide) groups is 1. The maximum Gasteiger partial charge on any atom is 0.176 e. The summed E-state index contributed by atoms with van der Waals surface area (Å²) >= 11 is 1.44. The predicted molar refractivity (Wildman–Crippen MR) is 98.2 cm³/mol. The first-order valence-electron chi connectivity index (χ1n) is 7.80. The van der Waals surface area contributed by atoms with Gasteiger partial charge in [-0.15, -0.1) is 0 Å². The van der Waals surface area contributed by atoms with E-state index >= 15 is 0 Å². The number of aromatic amines is 1. The Balaban J connectivity index is 1.79. The molecule has 24 heavy (non-hydrogen) atoms. The van der Waals surface area contributed by atoms with Gasteiger partial charge in [0.1, 0.15) is 5.75 Å². The number of ether oxygens (including phenoxy) is 1. The Kier molecular flexibility index (Phi) is 4.62. The molecule has 2 aromatic carbocycles. The SMILES string of the molecule is COc1ccc2nc(S[C@H](C)C(=O)c3ccc(C)c(C)c3)[nH]c2c1. The van der Waals surface area contributed by atoms with E-state index in [4.69, 9.17) is 4.74 Å². The van der Waals surface area contributed by atoms with Crippen LogP contribution in [0.25, 0.3) is 11.0 Å². The second kappa shape index (κ2) is 6.69. The number of aromatic nitrogens is 2. The Bertz CT molecular complexity index is 902. The minimum atomic E-state index is -0.213. The molecule has 0 aliphatic heterocycles. The molecule has 1 heterocycles. The van der Waals surface area contributed by atoms with Crippen molar-refractivity contribution < 1.29 is 9.53 Å². The fourth-order valence-corrected chi connectivity index (χ4v) is 3.40. The summed E-state index contributed by atoms with van der Waals surface area (Å²) in [6.45, 7) is 5.98. The molecule has 0 aliphatic carbocycles. The highest BCUT2D eigenvalue weighted by atomic mass is 32.2. The van der Waals surface area contributed by atoms with Crippen molar-refractivity contribution in [3.63, 3.8) is 0 Å². The minimum absolute atomic E-state index is 0.112. The Morgan fingerprint density at radius 1 is 1.17 bits per heavy atom. The van der Waals surface area contributed by atoms with E-state index in [0.717, 1.165) is 33.1 Å². The van der Waals surface area contributed by atoms with Gasteiger partial charge in [0.25, 0.3) is 0 Å². The van der Waals surface area contributed by atoms with Crippen molar-refractivity contribution in [2.45, 2.75) is 31.2 Å². The van der Waals surface area contributed by atoms with Crippen molar-refractivity contribution in [1.82, 2.24) is 9.97 Å². The molecule has 0 unspecified atom stereocenters. The molecule has 0 amide bonds. The number of carbonyl (C=O) groups is 1. The van der Waals surface area contributed by atoms with Gasteiger partial charge in [-0.1, -0.05) is 23.9 Å². The van der Waals surface area contributed by atoms with Gasteiger partial charge < -0.3 is 9.72 Å². The van der Waals surface area contributed by atoms with Crippen molar-refractivity contribution in [1.29, 1.82) is 0 Å². The summed E-state index contributed by atoms with van der Waals surface area (Å²) in [4.78, 5) is 20.4. The lowest BCUT2D eigenvalue weighted by Gasteiger charge is -2.10. The van der Waals surface area contributed by atoms with E-state index in [0.29, 0.717) is 0 Å². The lowest BCUT2D eigenvalue weighted by atomic mass is 10.0. The topological polar surface area (TPSA) is 55.0 Å². The molecular weight excluding hydrogens is 320 g/mol. The van der Waals surface area contributed by atoms with Crippen LogP contribution >= 0.6 is 11.8 Å².